The third-order valence-corrected chi connectivity index (χ3v) is 2.95. The molecule has 1 heteroatoms. The van der Waals surface area contributed by atoms with Crippen LogP contribution in [0.1, 0.15) is 46.0 Å². The molecule has 0 N–H and O–H groups in total. The molecule has 0 saturated carbocycles. The van der Waals surface area contributed by atoms with Gasteiger partial charge < -0.3 is 0 Å². The summed E-state index contributed by atoms with van der Waals surface area (Å²) in [5.74, 6) is 0. The average Bonchev–Trinajstić information content (AvgIpc) is 2.10. The van der Waals surface area contributed by atoms with Crippen molar-refractivity contribution in [2.75, 3.05) is 6.26 Å². The summed E-state index contributed by atoms with van der Waals surface area (Å²) < 4.78 is 0. The van der Waals surface area contributed by atoms with E-state index in [4.69, 9.17) is 0 Å². The molecule has 0 aromatic rings. The van der Waals surface area contributed by atoms with Crippen LogP contribution in [0, 0.1) is 0 Å². The zero-order chi connectivity index (χ0) is 9.23. The maximum Gasteiger partial charge on any atom is 0.0224 e. The van der Waals surface area contributed by atoms with Gasteiger partial charge in [-0.05, 0) is 19.1 Å². The number of allylic oxidation sites excluding steroid dienone is 1. The van der Waals surface area contributed by atoms with Crippen molar-refractivity contribution in [2.45, 2.75) is 51.2 Å². The first-order valence-corrected chi connectivity index (χ1v) is 6.33. The van der Waals surface area contributed by atoms with Crippen LogP contribution in [0.5, 0.6) is 0 Å². The van der Waals surface area contributed by atoms with Crippen molar-refractivity contribution in [3.8, 4) is 0 Å². The highest BCUT2D eigenvalue weighted by Gasteiger charge is 1.98. The number of hydrogen-bond acceptors (Lipinski definition) is 1. The normalized spacial score (nSPS) is 13.9. The molecule has 0 bridgehead atoms. The van der Waals surface area contributed by atoms with Crippen molar-refractivity contribution >= 4 is 11.8 Å². The van der Waals surface area contributed by atoms with E-state index in [1.807, 2.05) is 11.8 Å². The first-order valence-electron chi connectivity index (χ1n) is 5.04. The van der Waals surface area contributed by atoms with Crippen molar-refractivity contribution in [3.05, 3.63) is 12.2 Å². The van der Waals surface area contributed by atoms with Gasteiger partial charge in [-0.1, -0.05) is 45.3 Å². The lowest BCUT2D eigenvalue weighted by molar-refractivity contribution is 0.799. The molecule has 0 aromatic heterocycles. The predicted octanol–water partition coefficient (Wildman–Crippen LogP) is 4.26. The molecule has 0 aromatic carbocycles. The second-order valence-corrected chi connectivity index (χ2v) is 4.21. The zero-order valence-corrected chi connectivity index (χ0v) is 9.49. The average molecular weight is 186 g/mol. The molecule has 1 atom stereocenters. The molecule has 0 aliphatic carbocycles. The fourth-order valence-corrected chi connectivity index (χ4v) is 1.89. The Balaban J connectivity index is 3.46. The van der Waals surface area contributed by atoms with Gasteiger partial charge in [-0.2, -0.15) is 11.8 Å². The minimum atomic E-state index is 0.756. The van der Waals surface area contributed by atoms with Gasteiger partial charge in [0.2, 0.25) is 0 Å². The Morgan fingerprint density at radius 2 is 2.00 bits per heavy atom. The van der Waals surface area contributed by atoms with E-state index >= 15 is 0 Å². The van der Waals surface area contributed by atoms with Gasteiger partial charge in [0.25, 0.3) is 0 Å². The smallest absolute Gasteiger partial charge is 0.0224 e. The zero-order valence-electron chi connectivity index (χ0n) is 8.68. The molecule has 0 aliphatic heterocycles. The van der Waals surface area contributed by atoms with Crippen LogP contribution in [0.3, 0.4) is 0 Å². The standard InChI is InChI=1S/C11H22S/c1-4-6-7-8-10-11(12-3)9-5-2/h8,10-11H,4-7,9H2,1-3H3. The Morgan fingerprint density at radius 3 is 2.50 bits per heavy atom. The van der Waals surface area contributed by atoms with Gasteiger partial charge in [0.05, 0.1) is 0 Å². The second-order valence-electron chi connectivity index (χ2n) is 3.13. The highest BCUT2D eigenvalue weighted by molar-refractivity contribution is 7.99. The lowest BCUT2D eigenvalue weighted by atomic mass is 10.2. The SMILES string of the molecule is CCCCC=CC(CCC)SC. The highest BCUT2D eigenvalue weighted by Crippen LogP contribution is 2.14. The summed E-state index contributed by atoms with van der Waals surface area (Å²) in [5, 5.41) is 0.756. The van der Waals surface area contributed by atoms with Gasteiger partial charge in [0.1, 0.15) is 0 Å². The molecule has 1 unspecified atom stereocenters. The van der Waals surface area contributed by atoms with E-state index in [2.05, 4.69) is 32.3 Å². The van der Waals surface area contributed by atoms with Crippen molar-refractivity contribution in [3.63, 3.8) is 0 Å². The van der Waals surface area contributed by atoms with E-state index in [0.29, 0.717) is 0 Å². The molecular weight excluding hydrogens is 164 g/mol. The Kier molecular flexibility index (Phi) is 9.25. The van der Waals surface area contributed by atoms with Crippen LogP contribution in [-0.4, -0.2) is 11.5 Å². The maximum atomic E-state index is 2.38. The lowest BCUT2D eigenvalue weighted by Gasteiger charge is -2.06. The maximum absolute atomic E-state index is 2.38. The monoisotopic (exact) mass is 186 g/mol. The third-order valence-electron chi connectivity index (χ3n) is 1.95. The Labute approximate surface area is 81.8 Å². The Hall–Kier alpha value is 0.0900. The van der Waals surface area contributed by atoms with E-state index in [9.17, 15) is 0 Å². The number of unbranched alkanes of at least 4 members (excludes halogenated alkanes) is 2. The Bertz CT molecular complexity index is 108. The molecule has 0 heterocycles. The molecule has 0 fully saturated rings. The first kappa shape index (κ1) is 12.1. The van der Waals surface area contributed by atoms with Gasteiger partial charge in [0.15, 0.2) is 0 Å². The largest absolute Gasteiger partial charge is 0.158 e. The molecule has 0 amide bonds. The molecule has 0 nitrogen and oxygen atoms in total. The van der Waals surface area contributed by atoms with Crippen LogP contribution in [0.15, 0.2) is 12.2 Å². The van der Waals surface area contributed by atoms with Crippen LogP contribution in [0.4, 0.5) is 0 Å². The first-order chi connectivity index (χ1) is 5.85. The topological polar surface area (TPSA) is 0 Å². The molecule has 12 heavy (non-hydrogen) atoms. The number of rotatable bonds is 7. The van der Waals surface area contributed by atoms with Crippen LogP contribution < -0.4 is 0 Å². The van der Waals surface area contributed by atoms with E-state index in [1.165, 1.54) is 32.1 Å². The van der Waals surface area contributed by atoms with Crippen LogP contribution in [0.2, 0.25) is 0 Å². The van der Waals surface area contributed by atoms with E-state index in [1.54, 1.807) is 0 Å². The highest BCUT2D eigenvalue weighted by atomic mass is 32.2. The fraction of sp³-hybridized carbons (Fsp3) is 0.818. The van der Waals surface area contributed by atoms with E-state index in [0.717, 1.165) is 5.25 Å². The summed E-state index contributed by atoms with van der Waals surface area (Å²) in [6, 6.07) is 0. The predicted molar refractivity (Wildman–Crippen MR) is 60.9 cm³/mol. The third kappa shape index (κ3) is 6.78. The van der Waals surface area contributed by atoms with E-state index in [-0.39, 0.29) is 0 Å². The quantitative estimate of drug-likeness (QED) is 0.423. The molecule has 0 aliphatic rings. The minimum absolute atomic E-state index is 0.756. The number of thioether (sulfide) groups is 1. The van der Waals surface area contributed by atoms with Crippen LogP contribution in [-0.2, 0) is 0 Å². The molecule has 0 spiro atoms. The summed E-state index contributed by atoms with van der Waals surface area (Å²) in [5.41, 5.74) is 0. The molecule has 0 rings (SSSR count). The lowest BCUT2D eigenvalue weighted by Crippen LogP contribution is -1.95. The summed E-state index contributed by atoms with van der Waals surface area (Å²) in [4.78, 5) is 0. The van der Waals surface area contributed by atoms with Crippen molar-refractivity contribution < 1.29 is 0 Å². The molecule has 0 saturated heterocycles. The Morgan fingerprint density at radius 1 is 1.25 bits per heavy atom. The van der Waals surface area contributed by atoms with E-state index < -0.39 is 0 Å². The van der Waals surface area contributed by atoms with Crippen LogP contribution >= 0.6 is 11.8 Å². The van der Waals surface area contributed by atoms with Crippen LogP contribution in [0.25, 0.3) is 0 Å². The summed E-state index contributed by atoms with van der Waals surface area (Å²) in [6.45, 7) is 4.50. The fourth-order valence-electron chi connectivity index (χ4n) is 1.15. The summed E-state index contributed by atoms with van der Waals surface area (Å²) >= 11 is 1.97. The van der Waals surface area contributed by atoms with Crippen molar-refractivity contribution in [1.82, 2.24) is 0 Å². The summed E-state index contributed by atoms with van der Waals surface area (Å²) in [6.07, 6.45) is 13.4. The van der Waals surface area contributed by atoms with Gasteiger partial charge in [-0.25, -0.2) is 0 Å². The molecule has 72 valence electrons. The van der Waals surface area contributed by atoms with Gasteiger partial charge in [-0.15, -0.1) is 0 Å². The molecule has 0 radical (unpaired) electrons. The number of hydrogen-bond donors (Lipinski definition) is 0. The van der Waals surface area contributed by atoms with Crippen molar-refractivity contribution in [2.24, 2.45) is 0 Å². The summed E-state index contributed by atoms with van der Waals surface area (Å²) in [7, 11) is 0. The van der Waals surface area contributed by atoms with Gasteiger partial charge in [0, 0.05) is 5.25 Å². The van der Waals surface area contributed by atoms with Gasteiger partial charge in [-0.3, -0.25) is 0 Å². The second kappa shape index (κ2) is 9.18. The van der Waals surface area contributed by atoms with Crippen molar-refractivity contribution in [1.29, 1.82) is 0 Å². The minimum Gasteiger partial charge on any atom is -0.158 e. The van der Waals surface area contributed by atoms with Gasteiger partial charge >= 0.3 is 0 Å². The molecular formula is C11H22S.